The zero-order valence-electron chi connectivity index (χ0n) is 27.0. The van der Waals surface area contributed by atoms with E-state index < -0.39 is 45.9 Å². The maximum Gasteiger partial charge on any atom is 0.339 e. The first-order valence-electron chi connectivity index (χ1n) is 16.6. The van der Waals surface area contributed by atoms with Crippen LogP contribution in [0.3, 0.4) is 0 Å². The van der Waals surface area contributed by atoms with E-state index in [2.05, 4.69) is 67.8 Å². The summed E-state index contributed by atoms with van der Waals surface area (Å²) in [5.74, 6) is -2.59. The number of hydrogen-bond acceptors (Lipinski definition) is 8. The Bertz CT molecular complexity index is 1830. The number of ether oxygens (including phenoxy) is 2. The lowest BCUT2D eigenvalue weighted by molar-refractivity contribution is -0.147. The fraction of sp³-hybridized carbons (Fsp3) is 0.571. The Kier molecular flexibility index (Phi) is 9.48. The minimum absolute atomic E-state index is 0.0893. The van der Waals surface area contributed by atoms with E-state index in [0.29, 0.717) is 29.0 Å². The van der Waals surface area contributed by atoms with Gasteiger partial charge >= 0.3 is 11.9 Å². The molecule has 4 aliphatic carbocycles. The van der Waals surface area contributed by atoms with Gasteiger partial charge in [-0.15, -0.1) is 0 Å². The topological polar surface area (TPSA) is 130 Å². The van der Waals surface area contributed by atoms with Gasteiger partial charge in [-0.3, -0.25) is 9.59 Å². The van der Waals surface area contributed by atoms with Gasteiger partial charge in [0.05, 0.1) is 28.3 Å². The van der Waals surface area contributed by atoms with Crippen molar-refractivity contribution in [3.63, 3.8) is 0 Å². The van der Waals surface area contributed by atoms with E-state index in [4.69, 9.17) is 9.47 Å². The van der Waals surface area contributed by atoms with Gasteiger partial charge in [-0.2, -0.15) is 0 Å². The monoisotopic (exact) mass is 1010 g/mol. The number of carbonyl (C=O) groups is 3. The predicted octanol–water partition coefficient (Wildman–Crippen LogP) is 7.06. The highest BCUT2D eigenvalue weighted by Gasteiger charge is 2.71. The molecule has 9 atom stereocenters. The van der Waals surface area contributed by atoms with Crippen LogP contribution in [-0.2, 0) is 24.4 Å². The molecule has 0 N–H and O–H groups in total. The first-order valence-corrected chi connectivity index (χ1v) is 21.2. The summed E-state index contributed by atoms with van der Waals surface area (Å²) < 4.78 is 53.2. The van der Waals surface area contributed by atoms with E-state index in [1.807, 2.05) is 33.8 Å². The van der Waals surface area contributed by atoms with E-state index in [1.54, 1.807) is 17.0 Å². The van der Waals surface area contributed by atoms with Crippen LogP contribution in [0.15, 0.2) is 29.2 Å². The van der Waals surface area contributed by atoms with Crippen LogP contribution in [0.4, 0.5) is 0 Å². The Labute approximate surface area is 322 Å². The summed E-state index contributed by atoms with van der Waals surface area (Å²) in [5, 5.41) is 0. The second-order valence-corrected chi connectivity index (χ2v) is 19.6. The summed E-state index contributed by atoms with van der Waals surface area (Å²) in [7, 11) is -4.80. The third-order valence-corrected chi connectivity index (χ3v) is 16.2. The molecule has 0 aromatic heterocycles. The van der Waals surface area contributed by atoms with Crippen molar-refractivity contribution >= 4 is 95.7 Å². The second kappa shape index (κ2) is 12.9. The SMILES string of the molecule is CC(C)c1cc(OC(=O)C2C3CC4C2C(=O)N(C(C)C)C4C3OC(=O)c2cc(I)cc(I)c2I)cc(C2CC3CCC2C3)c1S(=O)(=O)[O-]. The molecule has 2 aromatic rings. The van der Waals surface area contributed by atoms with Gasteiger partial charge in [0, 0.05) is 22.7 Å². The molecular formula is C35H37I3NO8S-. The first kappa shape index (κ1) is 35.4. The average molecular weight is 1010 g/mol. The summed E-state index contributed by atoms with van der Waals surface area (Å²) in [6, 6.07) is 6.40. The Morgan fingerprint density at radius 3 is 2.31 bits per heavy atom. The Morgan fingerprint density at radius 2 is 1.71 bits per heavy atom. The molecule has 13 heteroatoms. The van der Waals surface area contributed by atoms with Crippen LogP contribution in [0, 0.1) is 46.2 Å². The second-order valence-electron chi connectivity index (χ2n) is 14.8. The summed E-state index contributed by atoms with van der Waals surface area (Å²) >= 11 is 6.51. The number of nitrogens with zero attached hydrogens (tertiary/aromatic N) is 1. The van der Waals surface area contributed by atoms with Crippen LogP contribution in [0.2, 0.25) is 0 Å². The van der Waals surface area contributed by atoms with E-state index in [-0.39, 0.29) is 52.3 Å². The molecule has 4 bridgehead atoms. The van der Waals surface area contributed by atoms with Crippen LogP contribution >= 0.6 is 67.8 Å². The van der Waals surface area contributed by atoms with Crippen LogP contribution in [0.25, 0.3) is 0 Å². The maximum absolute atomic E-state index is 14.3. The molecule has 5 aliphatic rings. The van der Waals surface area contributed by atoms with E-state index in [0.717, 1.165) is 36.4 Å². The molecule has 1 saturated heterocycles. The standard InChI is InChI=1S/C35H38I3NO8S/c1-14(2)20-11-19(12-22(32(20)48(43,44)45)21-8-16-5-6-17(21)7-16)46-35(42)28-24-13-23-27(28)33(40)39(15(3)4)30(23)31(24)47-34(41)25-9-18(36)10-26(37)29(25)38/h9-12,14-17,21,23-24,27-28,30-31H,5-8,13H2,1-4H3,(H,43,44,45)/p-1. The van der Waals surface area contributed by atoms with E-state index in [9.17, 15) is 27.4 Å². The van der Waals surface area contributed by atoms with Crippen molar-refractivity contribution in [2.45, 2.75) is 94.7 Å². The molecule has 258 valence electrons. The largest absolute Gasteiger partial charge is 0.744 e. The third kappa shape index (κ3) is 5.84. The molecule has 1 aliphatic heterocycles. The molecule has 9 nitrogen and oxygen atoms in total. The molecular weight excluding hydrogens is 975 g/mol. The van der Waals surface area contributed by atoms with Crippen molar-refractivity contribution in [2.75, 3.05) is 0 Å². The molecule has 4 saturated carbocycles. The zero-order valence-corrected chi connectivity index (χ0v) is 34.2. The molecule has 1 amide bonds. The number of hydrogen-bond donors (Lipinski definition) is 0. The van der Waals surface area contributed by atoms with Gasteiger partial charge < -0.3 is 18.9 Å². The molecule has 0 radical (unpaired) electrons. The fourth-order valence-electron chi connectivity index (χ4n) is 9.82. The average Bonchev–Trinajstić information content (AvgIpc) is 3.81. The van der Waals surface area contributed by atoms with Gasteiger partial charge in [-0.25, -0.2) is 13.2 Å². The minimum Gasteiger partial charge on any atom is -0.744 e. The quantitative estimate of drug-likeness (QED) is 0.0904. The summed E-state index contributed by atoms with van der Waals surface area (Å²) in [5.41, 5.74) is 1.25. The number of likely N-dealkylation sites (tertiary alicyclic amines) is 1. The number of halogens is 3. The Hall–Kier alpha value is -1.05. The number of carbonyl (C=O) groups excluding carboxylic acids is 3. The minimum atomic E-state index is -4.80. The van der Waals surface area contributed by atoms with E-state index >= 15 is 0 Å². The number of benzene rings is 2. The van der Waals surface area contributed by atoms with Crippen molar-refractivity contribution in [3.8, 4) is 5.75 Å². The van der Waals surface area contributed by atoms with Gasteiger partial charge in [0.25, 0.3) is 0 Å². The van der Waals surface area contributed by atoms with Crippen molar-refractivity contribution < 1.29 is 36.8 Å². The lowest BCUT2D eigenvalue weighted by Gasteiger charge is -2.35. The van der Waals surface area contributed by atoms with Gasteiger partial charge in [0.15, 0.2) is 0 Å². The van der Waals surface area contributed by atoms with Gasteiger partial charge in [-0.05, 0) is 172 Å². The van der Waals surface area contributed by atoms with Crippen LogP contribution in [-0.4, -0.2) is 53.9 Å². The third-order valence-electron chi connectivity index (χ3n) is 11.5. The zero-order chi connectivity index (χ0) is 34.6. The number of amides is 1. The van der Waals surface area contributed by atoms with Crippen molar-refractivity contribution in [1.82, 2.24) is 4.90 Å². The summed E-state index contributed by atoms with van der Waals surface area (Å²) in [4.78, 5) is 43.5. The molecule has 48 heavy (non-hydrogen) atoms. The predicted molar refractivity (Wildman–Crippen MR) is 200 cm³/mol. The smallest absolute Gasteiger partial charge is 0.339 e. The first-order chi connectivity index (χ1) is 22.6. The van der Waals surface area contributed by atoms with E-state index in [1.165, 1.54) is 6.07 Å². The number of rotatable bonds is 8. The van der Waals surface area contributed by atoms with Gasteiger partial charge in [0.2, 0.25) is 5.91 Å². The fourth-order valence-corrected chi connectivity index (χ4v) is 13.3. The highest BCUT2D eigenvalue weighted by Crippen LogP contribution is 2.61. The van der Waals surface area contributed by atoms with Crippen molar-refractivity contribution in [1.29, 1.82) is 0 Å². The molecule has 5 fully saturated rings. The highest BCUT2D eigenvalue weighted by molar-refractivity contribution is 14.1. The van der Waals surface area contributed by atoms with Crippen LogP contribution in [0.1, 0.15) is 93.1 Å². The Morgan fingerprint density at radius 1 is 0.979 bits per heavy atom. The van der Waals surface area contributed by atoms with Crippen molar-refractivity contribution in [2.24, 2.45) is 35.5 Å². The molecule has 1 heterocycles. The highest BCUT2D eigenvalue weighted by atomic mass is 127. The summed E-state index contributed by atoms with van der Waals surface area (Å²) in [6.07, 6.45) is 3.78. The van der Waals surface area contributed by atoms with Gasteiger partial charge in [0.1, 0.15) is 22.0 Å². The number of fused-ring (bicyclic) bond motifs is 3. The molecule has 7 rings (SSSR count). The van der Waals surface area contributed by atoms with Gasteiger partial charge in [-0.1, -0.05) is 20.3 Å². The molecule has 2 aromatic carbocycles. The summed E-state index contributed by atoms with van der Waals surface area (Å²) in [6.45, 7) is 7.51. The van der Waals surface area contributed by atoms with Crippen molar-refractivity contribution in [3.05, 3.63) is 51.7 Å². The van der Waals surface area contributed by atoms with Crippen LogP contribution < -0.4 is 4.74 Å². The normalized spacial score (nSPS) is 31.8. The maximum atomic E-state index is 14.3. The van der Waals surface area contributed by atoms with Crippen LogP contribution in [0.5, 0.6) is 5.75 Å². The lowest BCUT2D eigenvalue weighted by atomic mass is 9.78. The Balaban J connectivity index is 1.23. The number of esters is 2. The lowest BCUT2D eigenvalue weighted by Crippen LogP contribution is -2.48. The molecule has 9 unspecified atom stereocenters. The molecule has 0 spiro atoms.